The fourth-order valence-electron chi connectivity index (χ4n) is 2.14. The van der Waals surface area contributed by atoms with Crippen LogP contribution in [0.4, 0.5) is 4.39 Å². The molecule has 0 heterocycles. The lowest BCUT2D eigenvalue weighted by molar-refractivity contribution is -0.123. The van der Waals surface area contributed by atoms with Crippen LogP contribution >= 0.6 is 11.6 Å². The first-order valence-corrected chi connectivity index (χ1v) is 9.39. The van der Waals surface area contributed by atoms with Crippen molar-refractivity contribution in [2.24, 2.45) is 0 Å². The number of rotatable bonds is 6. The molecule has 25 heavy (non-hydrogen) atoms. The number of nitrogens with one attached hydrogen (secondary N) is 2. The van der Waals surface area contributed by atoms with E-state index in [1.165, 1.54) is 6.92 Å². The average molecular weight is 385 g/mol. The summed E-state index contributed by atoms with van der Waals surface area (Å²) in [4.78, 5) is 12.1. The Morgan fingerprint density at radius 2 is 1.60 bits per heavy atom. The second kappa shape index (κ2) is 7.95. The Hall–Kier alpha value is -1.96. The van der Waals surface area contributed by atoms with Crippen LogP contribution < -0.4 is 10.0 Å². The van der Waals surface area contributed by atoms with Gasteiger partial charge in [-0.05, 0) is 55.8 Å². The molecule has 8 heteroatoms. The minimum atomic E-state index is -3.92. The zero-order chi connectivity index (χ0) is 18.6. The summed E-state index contributed by atoms with van der Waals surface area (Å²) in [6.45, 7) is 3.22. The second-order valence-corrected chi connectivity index (χ2v) is 7.73. The van der Waals surface area contributed by atoms with Crippen molar-refractivity contribution in [3.8, 4) is 0 Å². The molecule has 0 saturated carbocycles. The smallest absolute Gasteiger partial charge is 0.241 e. The summed E-state index contributed by atoms with van der Waals surface area (Å²) in [6, 6.07) is 10.0. The molecule has 1 amide bonds. The van der Waals surface area contributed by atoms with Crippen molar-refractivity contribution < 1.29 is 17.6 Å². The van der Waals surface area contributed by atoms with E-state index in [1.54, 1.807) is 31.2 Å². The third-order valence-electron chi connectivity index (χ3n) is 3.58. The van der Waals surface area contributed by atoms with Crippen LogP contribution in [0.5, 0.6) is 0 Å². The lowest BCUT2D eigenvalue weighted by Gasteiger charge is -2.19. The molecular weight excluding hydrogens is 367 g/mol. The number of hydrogen-bond donors (Lipinski definition) is 2. The van der Waals surface area contributed by atoms with Gasteiger partial charge in [0, 0.05) is 5.02 Å². The van der Waals surface area contributed by atoms with Gasteiger partial charge in [-0.15, -0.1) is 0 Å². The molecule has 0 aliphatic carbocycles. The molecule has 0 spiro atoms. The third kappa shape index (κ3) is 5.26. The van der Waals surface area contributed by atoms with E-state index >= 15 is 0 Å². The predicted octanol–water partition coefficient (Wildman–Crippen LogP) is 3.02. The van der Waals surface area contributed by atoms with Crippen LogP contribution in [0.3, 0.4) is 0 Å². The third-order valence-corrected chi connectivity index (χ3v) is 5.39. The van der Waals surface area contributed by atoms with E-state index in [2.05, 4.69) is 10.0 Å². The fourth-order valence-corrected chi connectivity index (χ4v) is 3.47. The van der Waals surface area contributed by atoms with Crippen LogP contribution in [-0.4, -0.2) is 20.4 Å². The minimum Gasteiger partial charge on any atom is -0.348 e. The second-order valence-electron chi connectivity index (χ2n) is 5.58. The first-order chi connectivity index (χ1) is 11.7. The van der Waals surface area contributed by atoms with Gasteiger partial charge >= 0.3 is 0 Å². The van der Waals surface area contributed by atoms with Gasteiger partial charge in [0.25, 0.3) is 0 Å². The minimum absolute atomic E-state index is 0.112. The molecule has 134 valence electrons. The number of carbonyl (C=O) groups excluding carboxylic acids is 1. The standard InChI is InChI=1S/C17H18ClFN2O3S/c1-11(13-3-5-14(18)6-4-13)20-17(22)12(2)21-25(23,24)16-9-7-15(19)8-10-16/h3-12,21H,1-2H3,(H,20,22)/t11-,12-/m0/s1. The van der Waals surface area contributed by atoms with Crippen molar-refractivity contribution in [3.05, 3.63) is 64.9 Å². The van der Waals surface area contributed by atoms with E-state index in [-0.39, 0.29) is 10.9 Å². The highest BCUT2D eigenvalue weighted by molar-refractivity contribution is 7.89. The fraction of sp³-hybridized carbons (Fsp3) is 0.235. The zero-order valence-electron chi connectivity index (χ0n) is 13.7. The van der Waals surface area contributed by atoms with E-state index in [0.29, 0.717) is 5.02 Å². The molecule has 0 radical (unpaired) electrons. The quantitative estimate of drug-likeness (QED) is 0.803. The molecule has 2 aromatic rings. The molecule has 2 atom stereocenters. The molecular formula is C17H18ClFN2O3S. The van der Waals surface area contributed by atoms with Crippen molar-refractivity contribution in [2.45, 2.75) is 30.8 Å². The maximum atomic E-state index is 12.9. The van der Waals surface area contributed by atoms with Crippen molar-refractivity contribution in [1.82, 2.24) is 10.0 Å². The van der Waals surface area contributed by atoms with Crippen LogP contribution in [0.25, 0.3) is 0 Å². The number of halogens is 2. The predicted molar refractivity (Wildman–Crippen MR) is 94.2 cm³/mol. The first-order valence-electron chi connectivity index (χ1n) is 7.53. The van der Waals surface area contributed by atoms with Gasteiger partial charge in [0.1, 0.15) is 5.82 Å². The van der Waals surface area contributed by atoms with Gasteiger partial charge in [-0.1, -0.05) is 23.7 Å². The summed E-state index contributed by atoms with van der Waals surface area (Å²) >= 11 is 5.83. The van der Waals surface area contributed by atoms with Gasteiger partial charge < -0.3 is 5.32 Å². The molecule has 2 rings (SSSR count). The molecule has 5 nitrogen and oxygen atoms in total. The molecule has 2 aromatic carbocycles. The van der Waals surface area contributed by atoms with Crippen molar-refractivity contribution >= 4 is 27.5 Å². The van der Waals surface area contributed by atoms with E-state index in [0.717, 1.165) is 29.8 Å². The summed E-state index contributed by atoms with van der Waals surface area (Å²) in [5, 5.41) is 3.32. The zero-order valence-corrected chi connectivity index (χ0v) is 15.2. The molecule has 0 aromatic heterocycles. The Labute approximate surface area is 151 Å². The van der Waals surface area contributed by atoms with Crippen LogP contribution in [0.15, 0.2) is 53.4 Å². The highest BCUT2D eigenvalue weighted by Gasteiger charge is 2.23. The van der Waals surface area contributed by atoms with Crippen LogP contribution in [0.1, 0.15) is 25.5 Å². The van der Waals surface area contributed by atoms with E-state index in [4.69, 9.17) is 11.6 Å². The van der Waals surface area contributed by atoms with Crippen molar-refractivity contribution in [1.29, 1.82) is 0 Å². The highest BCUT2D eigenvalue weighted by Crippen LogP contribution is 2.16. The summed E-state index contributed by atoms with van der Waals surface area (Å²) in [7, 11) is -3.92. The number of carbonyl (C=O) groups is 1. The van der Waals surface area contributed by atoms with E-state index < -0.39 is 27.8 Å². The average Bonchev–Trinajstić information content (AvgIpc) is 2.55. The lowest BCUT2D eigenvalue weighted by Crippen LogP contribution is -2.45. The molecule has 0 bridgehead atoms. The Morgan fingerprint density at radius 3 is 2.16 bits per heavy atom. The van der Waals surface area contributed by atoms with Gasteiger partial charge in [-0.3, -0.25) is 4.79 Å². The SMILES string of the molecule is C[C@H](NS(=O)(=O)c1ccc(F)cc1)C(=O)N[C@@H](C)c1ccc(Cl)cc1. The summed E-state index contributed by atoms with van der Waals surface area (Å²) < 4.78 is 39.6. The topological polar surface area (TPSA) is 75.3 Å². The van der Waals surface area contributed by atoms with Gasteiger partial charge in [-0.25, -0.2) is 12.8 Å². The Bertz CT molecular complexity index is 839. The van der Waals surface area contributed by atoms with Crippen LogP contribution in [-0.2, 0) is 14.8 Å². The molecule has 2 N–H and O–H groups in total. The normalized spacial score (nSPS) is 13.9. The first kappa shape index (κ1) is 19.4. The molecule has 0 aliphatic heterocycles. The summed E-state index contributed by atoms with van der Waals surface area (Å²) in [5.41, 5.74) is 0.839. The lowest BCUT2D eigenvalue weighted by atomic mass is 10.1. The van der Waals surface area contributed by atoms with Gasteiger partial charge in [0.05, 0.1) is 17.0 Å². The van der Waals surface area contributed by atoms with Gasteiger partial charge in [-0.2, -0.15) is 4.72 Å². The van der Waals surface area contributed by atoms with Gasteiger partial charge in [0.15, 0.2) is 0 Å². The summed E-state index contributed by atoms with van der Waals surface area (Å²) in [6.07, 6.45) is 0. The van der Waals surface area contributed by atoms with Crippen molar-refractivity contribution in [3.63, 3.8) is 0 Å². The number of sulfonamides is 1. The molecule has 0 aliphatic rings. The van der Waals surface area contributed by atoms with Gasteiger partial charge in [0.2, 0.25) is 15.9 Å². The van der Waals surface area contributed by atoms with E-state index in [9.17, 15) is 17.6 Å². The molecule has 0 unspecified atom stereocenters. The largest absolute Gasteiger partial charge is 0.348 e. The monoisotopic (exact) mass is 384 g/mol. The highest BCUT2D eigenvalue weighted by atomic mass is 35.5. The summed E-state index contributed by atoms with van der Waals surface area (Å²) in [5.74, 6) is -1.02. The van der Waals surface area contributed by atoms with Crippen LogP contribution in [0, 0.1) is 5.82 Å². The number of benzene rings is 2. The van der Waals surface area contributed by atoms with Crippen molar-refractivity contribution in [2.75, 3.05) is 0 Å². The maximum absolute atomic E-state index is 12.9. The Kier molecular flexibility index (Phi) is 6.16. The maximum Gasteiger partial charge on any atom is 0.241 e. The number of hydrogen-bond acceptors (Lipinski definition) is 3. The Balaban J connectivity index is 2.01. The molecule has 0 saturated heterocycles. The van der Waals surface area contributed by atoms with E-state index in [1.807, 2.05) is 0 Å². The molecule has 0 fully saturated rings. The Morgan fingerprint density at radius 1 is 1.04 bits per heavy atom. The number of amides is 1. The van der Waals surface area contributed by atoms with Crippen LogP contribution in [0.2, 0.25) is 5.02 Å².